The van der Waals surface area contributed by atoms with Crippen molar-refractivity contribution in [1.82, 2.24) is 28.7 Å². The number of nitrogens with zero attached hydrogens (tertiary/aromatic N) is 6. The Balaban J connectivity index is 0.000000171. The summed E-state index contributed by atoms with van der Waals surface area (Å²) in [7, 11) is 0. The van der Waals surface area contributed by atoms with Gasteiger partial charge in [-0.15, -0.1) is 24.3 Å². The van der Waals surface area contributed by atoms with E-state index in [1.807, 2.05) is 13.0 Å². The average molecular weight is 1010 g/mol. The number of hydrogen-bond acceptors (Lipinski definition) is 4. The first-order valence-electron chi connectivity index (χ1n) is 22.0. The first-order valence-corrected chi connectivity index (χ1v) is 22.0. The molecule has 6 aromatic heterocycles. The topological polar surface area (TPSA) is 60.4 Å². The van der Waals surface area contributed by atoms with Gasteiger partial charge in [0, 0.05) is 42.3 Å². The minimum atomic E-state index is 0. The Bertz CT molecular complexity index is 3410. The summed E-state index contributed by atoms with van der Waals surface area (Å²) in [6, 6.07) is 33.4. The van der Waals surface area contributed by atoms with Crippen LogP contribution in [0.25, 0.3) is 77.4 Å². The van der Waals surface area contributed by atoms with Gasteiger partial charge in [-0.3, -0.25) is 9.97 Å². The minimum absolute atomic E-state index is 0. The van der Waals surface area contributed by atoms with E-state index in [2.05, 4.69) is 171 Å². The molecule has 321 valence electrons. The summed E-state index contributed by atoms with van der Waals surface area (Å²) in [5, 5.41) is 4.27. The van der Waals surface area contributed by atoms with E-state index in [1.165, 1.54) is 67.0 Å². The molecule has 0 amide bonds. The Morgan fingerprint density at radius 3 is 1.40 bits per heavy atom. The van der Waals surface area contributed by atoms with Crippen LogP contribution in [-0.4, -0.2) is 28.7 Å². The molecule has 1 atom stereocenters. The van der Waals surface area contributed by atoms with Gasteiger partial charge in [0.2, 0.25) is 0 Å². The van der Waals surface area contributed by atoms with Gasteiger partial charge in [-0.1, -0.05) is 97.6 Å². The van der Waals surface area contributed by atoms with Crippen LogP contribution in [0.3, 0.4) is 0 Å². The molecule has 10 rings (SSSR count). The Kier molecular flexibility index (Phi) is 11.7. The van der Waals surface area contributed by atoms with Gasteiger partial charge in [0.15, 0.2) is 0 Å². The van der Waals surface area contributed by atoms with E-state index in [4.69, 9.17) is 19.9 Å². The Labute approximate surface area is 385 Å². The molecule has 0 aliphatic carbocycles. The number of benzene rings is 4. The normalized spacial score (nSPS) is 12.1. The summed E-state index contributed by atoms with van der Waals surface area (Å²) in [4.78, 5) is 20.1. The van der Waals surface area contributed by atoms with Gasteiger partial charge in [-0.25, -0.2) is 0 Å². The molecule has 7 heteroatoms. The van der Waals surface area contributed by atoms with Gasteiger partial charge in [-0.05, 0) is 160 Å². The minimum Gasteiger partial charge on any atom is -0.348 e. The van der Waals surface area contributed by atoms with Crippen LogP contribution < -0.4 is 0 Å². The fourth-order valence-corrected chi connectivity index (χ4v) is 9.91. The second-order valence-electron chi connectivity index (χ2n) is 18.1. The summed E-state index contributed by atoms with van der Waals surface area (Å²) < 4.78 is 4.66. The molecule has 4 aromatic carbocycles. The molecule has 0 N–H and O–H groups in total. The monoisotopic (exact) mass is 1010 g/mol. The molecule has 0 fully saturated rings. The second kappa shape index (κ2) is 16.7. The van der Waals surface area contributed by atoms with Gasteiger partial charge in [0.25, 0.3) is 0 Å². The fourth-order valence-electron chi connectivity index (χ4n) is 9.91. The van der Waals surface area contributed by atoms with E-state index in [1.54, 1.807) is 0 Å². The van der Waals surface area contributed by atoms with E-state index >= 15 is 0 Å². The number of pyridine rings is 4. The third-order valence-electron chi connectivity index (χ3n) is 12.8. The molecule has 6 heterocycles. The van der Waals surface area contributed by atoms with Crippen LogP contribution in [0.2, 0.25) is 0 Å². The zero-order valence-corrected chi connectivity index (χ0v) is 41.3. The number of aryl methyl sites for hydroxylation is 11. The molecule has 10 aromatic rings. The standard InChI is InChI=1S/C30H32N3.C26H24N3.Ir/c1-8-17(2)15-23-10-12-25-28(32-23)24-11-9-18(3)16-26(24)33-29(22(7)31-30(25)33)27-20(5)13-19(4)14-21(27)6;1-14-7-9-20-22(13-14)29-25(23-16(3)11-15(2)12-17(23)4)19(6)28-26(29)21-10-8-18(5)27-24(20)21;/h9-11,13-14,16-17H,8,15H2,1-7H3;7-9,11-13H,1-6H3;/q2*-1;. The summed E-state index contributed by atoms with van der Waals surface area (Å²) in [5.41, 5.74) is 25.3. The van der Waals surface area contributed by atoms with Crippen LogP contribution in [0.5, 0.6) is 0 Å². The van der Waals surface area contributed by atoms with Crippen LogP contribution in [0.15, 0.2) is 72.8 Å². The second-order valence-corrected chi connectivity index (χ2v) is 18.1. The quantitative estimate of drug-likeness (QED) is 0.127. The maximum absolute atomic E-state index is 5.14. The van der Waals surface area contributed by atoms with Crippen molar-refractivity contribution in [2.75, 3.05) is 0 Å². The number of imidazole rings is 2. The van der Waals surface area contributed by atoms with Crippen molar-refractivity contribution in [3.8, 4) is 22.5 Å². The number of rotatable bonds is 5. The molecule has 0 aliphatic heterocycles. The molecule has 6 nitrogen and oxygen atoms in total. The van der Waals surface area contributed by atoms with E-state index in [0.717, 1.165) is 90.5 Å². The molecular formula is C56H56IrN6-2. The zero-order chi connectivity index (χ0) is 43.9. The van der Waals surface area contributed by atoms with Crippen molar-refractivity contribution < 1.29 is 20.1 Å². The molecule has 0 aliphatic rings. The SMILES string of the molecule is CCC(C)Cc1c[c-]c2c(n1)c1ccc(C)cc1n1c(-c3c(C)cc(C)cc3C)c(C)nc21.Cc1cc(C)c(-c2c(C)nc3c4[c-]cc(C)nc4c4ccc(C)cc4n23)c(C)c1.[Ir]. The van der Waals surface area contributed by atoms with Gasteiger partial charge in [0.05, 0.1) is 34.1 Å². The largest absolute Gasteiger partial charge is 0.348 e. The van der Waals surface area contributed by atoms with Crippen LogP contribution >= 0.6 is 0 Å². The van der Waals surface area contributed by atoms with Gasteiger partial charge >= 0.3 is 0 Å². The number of fused-ring (bicyclic) bond motifs is 12. The molecular weight excluding hydrogens is 949 g/mol. The molecule has 0 saturated carbocycles. The molecule has 1 unspecified atom stereocenters. The first-order chi connectivity index (χ1) is 29.6. The maximum Gasteiger partial charge on any atom is 0.0669 e. The zero-order valence-electron chi connectivity index (χ0n) is 38.9. The van der Waals surface area contributed by atoms with E-state index in [0.29, 0.717) is 5.92 Å². The molecule has 1 radical (unpaired) electrons. The van der Waals surface area contributed by atoms with Crippen LogP contribution in [-0.2, 0) is 26.5 Å². The fraction of sp³-hybridized carbons (Fsp3) is 0.286. The maximum atomic E-state index is 5.14. The smallest absolute Gasteiger partial charge is 0.0669 e. The number of aromatic nitrogens is 6. The van der Waals surface area contributed by atoms with Gasteiger partial charge < -0.3 is 18.8 Å². The molecule has 0 bridgehead atoms. The van der Waals surface area contributed by atoms with Crippen molar-refractivity contribution in [2.45, 2.75) is 103 Å². The predicted molar refractivity (Wildman–Crippen MR) is 260 cm³/mol. The van der Waals surface area contributed by atoms with Crippen molar-refractivity contribution in [3.63, 3.8) is 0 Å². The first kappa shape index (κ1) is 43.9. The molecule has 0 spiro atoms. The van der Waals surface area contributed by atoms with Crippen LogP contribution in [0, 0.1) is 94.2 Å². The van der Waals surface area contributed by atoms with Crippen LogP contribution in [0.4, 0.5) is 0 Å². The van der Waals surface area contributed by atoms with E-state index in [9.17, 15) is 0 Å². The Hall–Kier alpha value is -5.75. The number of hydrogen-bond donors (Lipinski definition) is 0. The Morgan fingerprint density at radius 2 is 0.952 bits per heavy atom. The van der Waals surface area contributed by atoms with E-state index in [-0.39, 0.29) is 20.1 Å². The average Bonchev–Trinajstić information content (AvgIpc) is 3.73. The van der Waals surface area contributed by atoms with Gasteiger partial charge in [0.1, 0.15) is 0 Å². The summed E-state index contributed by atoms with van der Waals surface area (Å²) in [5.74, 6) is 0.605. The summed E-state index contributed by atoms with van der Waals surface area (Å²) in [6.45, 7) is 28.2. The van der Waals surface area contributed by atoms with Gasteiger partial charge in [-0.2, -0.15) is 0 Å². The summed E-state index contributed by atoms with van der Waals surface area (Å²) >= 11 is 0. The third-order valence-corrected chi connectivity index (χ3v) is 12.8. The summed E-state index contributed by atoms with van der Waals surface area (Å²) in [6.07, 6.45) is 2.12. The van der Waals surface area contributed by atoms with Crippen molar-refractivity contribution >= 4 is 54.9 Å². The van der Waals surface area contributed by atoms with Crippen molar-refractivity contribution in [3.05, 3.63) is 152 Å². The Morgan fingerprint density at radius 1 is 0.524 bits per heavy atom. The van der Waals surface area contributed by atoms with E-state index < -0.39 is 0 Å². The van der Waals surface area contributed by atoms with Crippen LogP contribution in [0.1, 0.15) is 87.6 Å². The third kappa shape index (κ3) is 7.53. The predicted octanol–water partition coefficient (Wildman–Crippen LogP) is 14.0. The molecule has 0 saturated heterocycles. The van der Waals surface area contributed by atoms with Crippen molar-refractivity contribution in [2.24, 2.45) is 5.92 Å². The van der Waals surface area contributed by atoms with Crippen molar-refractivity contribution in [1.29, 1.82) is 0 Å². The molecule has 63 heavy (non-hydrogen) atoms.